The van der Waals surface area contributed by atoms with E-state index < -0.39 is 0 Å². The summed E-state index contributed by atoms with van der Waals surface area (Å²) in [6.07, 6.45) is 0. The van der Waals surface area contributed by atoms with E-state index >= 15 is 0 Å². The number of hydrogen-bond donors (Lipinski definition) is 0. The van der Waals surface area contributed by atoms with Gasteiger partial charge in [-0.25, -0.2) is 15.0 Å². The number of nitrogens with zero attached hydrogens (tertiary/aromatic N) is 4. The fourth-order valence-corrected chi connectivity index (χ4v) is 10.0. The van der Waals surface area contributed by atoms with Crippen LogP contribution in [-0.2, 0) is 0 Å². The van der Waals surface area contributed by atoms with Gasteiger partial charge in [-0.1, -0.05) is 158 Å². The Bertz CT molecular complexity index is 4240. The van der Waals surface area contributed by atoms with Crippen molar-refractivity contribution in [2.24, 2.45) is 0 Å². The average Bonchev–Trinajstić information content (AvgIpc) is 4.05. The molecule has 6 heteroatoms. The Morgan fingerprint density at radius 3 is 1.80 bits per heavy atom. The molecule has 302 valence electrons. The molecule has 65 heavy (non-hydrogen) atoms. The molecule has 0 aliphatic carbocycles. The fourth-order valence-electron chi connectivity index (χ4n) is 10.0. The molecule has 0 saturated heterocycles. The molecule has 0 unspecified atom stereocenters. The Morgan fingerprint density at radius 1 is 0.323 bits per heavy atom. The van der Waals surface area contributed by atoms with Gasteiger partial charge in [0.05, 0.1) is 16.6 Å². The van der Waals surface area contributed by atoms with Gasteiger partial charge in [0.25, 0.3) is 0 Å². The minimum Gasteiger partial charge on any atom is -0.456 e. The van der Waals surface area contributed by atoms with E-state index in [0.29, 0.717) is 23.1 Å². The zero-order valence-corrected chi connectivity index (χ0v) is 34.7. The molecule has 4 aromatic heterocycles. The third kappa shape index (κ3) is 5.51. The van der Waals surface area contributed by atoms with Crippen molar-refractivity contribution in [3.8, 4) is 51.0 Å². The van der Waals surface area contributed by atoms with Crippen LogP contribution in [-0.4, -0.2) is 19.5 Å². The van der Waals surface area contributed by atoms with Gasteiger partial charge in [-0.05, 0) is 81.2 Å². The van der Waals surface area contributed by atoms with Gasteiger partial charge in [0.15, 0.2) is 17.5 Å². The number of fused-ring (bicyclic) bond motifs is 12. The largest absolute Gasteiger partial charge is 0.456 e. The second kappa shape index (κ2) is 13.8. The molecule has 0 saturated carbocycles. The summed E-state index contributed by atoms with van der Waals surface area (Å²) >= 11 is 0. The van der Waals surface area contributed by atoms with Crippen molar-refractivity contribution < 1.29 is 8.83 Å². The summed E-state index contributed by atoms with van der Waals surface area (Å²) in [6, 6.07) is 72.2. The summed E-state index contributed by atoms with van der Waals surface area (Å²) in [5.41, 5.74) is 11.0. The summed E-state index contributed by atoms with van der Waals surface area (Å²) < 4.78 is 15.8. The average molecular weight is 831 g/mol. The Morgan fingerprint density at radius 2 is 0.954 bits per heavy atom. The van der Waals surface area contributed by atoms with Crippen molar-refractivity contribution in [1.82, 2.24) is 19.5 Å². The van der Waals surface area contributed by atoms with Gasteiger partial charge in [-0.2, -0.15) is 0 Å². The molecule has 4 heterocycles. The fraction of sp³-hybridized carbons (Fsp3) is 0. The van der Waals surface area contributed by atoms with Gasteiger partial charge in [0.2, 0.25) is 0 Å². The molecule has 14 rings (SSSR count). The Labute approximate surface area is 371 Å². The lowest BCUT2D eigenvalue weighted by atomic mass is 10.0. The van der Waals surface area contributed by atoms with Crippen molar-refractivity contribution in [3.63, 3.8) is 0 Å². The predicted octanol–water partition coefficient (Wildman–Crippen LogP) is 15.7. The second-order valence-electron chi connectivity index (χ2n) is 16.7. The number of aromatic nitrogens is 4. The lowest BCUT2D eigenvalue weighted by Gasteiger charge is -2.13. The highest BCUT2D eigenvalue weighted by Gasteiger charge is 2.24. The van der Waals surface area contributed by atoms with Crippen LogP contribution in [0.5, 0.6) is 0 Å². The van der Waals surface area contributed by atoms with E-state index in [9.17, 15) is 0 Å². The number of furan rings is 2. The molecule has 0 fully saturated rings. The first-order valence-electron chi connectivity index (χ1n) is 21.8. The molecule has 6 nitrogen and oxygen atoms in total. The van der Waals surface area contributed by atoms with Crippen molar-refractivity contribution in [2.45, 2.75) is 0 Å². The summed E-state index contributed by atoms with van der Waals surface area (Å²) in [7, 11) is 0. The normalized spacial score (nSPS) is 12.0. The highest BCUT2D eigenvalue weighted by atomic mass is 16.3. The monoisotopic (exact) mass is 830 g/mol. The SMILES string of the molecule is c1ccc(-c2ccc(-c3nc(-c4cc(-n5c6ccccc6c6cc7ccccc7cc65)cc5c4oc4ccc6ccccc6c45)nc(-c4cccc5oc6ccccc6c45)n3)cc2)cc1. The molecule has 0 atom stereocenters. The van der Waals surface area contributed by atoms with Crippen LogP contribution in [0.1, 0.15) is 0 Å². The van der Waals surface area contributed by atoms with Gasteiger partial charge in [0, 0.05) is 49.1 Å². The lowest BCUT2D eigenvalue weighted by molar-refractivity contribution is 0.668. The van der Waals surface area contributed by atoms with E-state index in [0.717, 1.165) is 93.6 Å². The first-order chi connectivity index (χ1) is 32.2. The highest BCUT2D eigenvalue weighted by molar-refractivity contribution is 6.22. The maximum atomic E-state index is 7.00. The van der Waals surface area contributed by atoms with Crippen LogP contribution in [0, 0.1) is 0 Å². The first-order valence-corrected chi connectivity index (χ1v) is 21.8. The molecule has 0 amide bonds. The van der Waals surface area contributed by atoms with Gasteiger partial charge < -0.3 is 13.4 Å². The zero-order chi connectivity index (χ0) is 42.6. The van der Waals surface area contributed by atoms with Crippen LogP contribution in [0.3, 0.4) is 0 Å². The first kappa shape index (κ1) is 35.7. The Hall–Kier alpha value is -8.87. The number of benzene rings is 10. The highest BCUT2D eigenvalue weighted by Crippen LogP contribution is 2.44. The van der Waals surface area contributed by atoms with E-state index in [1.54, 1.807) is 0 Å². The second-order valence-corrected chi connectivity index (χ2v) is 16.7. The molecule has 0 radical (unpaired) electrons. The zero-order valence-electron chi connectivity index (χ0n) is 34.7. The van der Waals surface area contributed by atoms with Crippen molar-refractivity contribution in [1.29, 1.82) is 0 Å². The number of rotatable bonds is 5. The summed E-state index contributed by atoms with van der Waals surface area (Å²) in [5.74, 6) is 1.60. The maximum absolute atomic E-state index is 7.00. The van der Waals surface area contributed by atoms with E-state index in [1.165, 1.54) is 21.5 Å². The molecule has 0 N–H and O–H groups in total. The van der Waals surface area contributed by atoms with Gasteiger partial charge >= 0.3 is 0 Å². The standard InChI is InChI=1S/C59H34N4O2/c1-2-13-35(14-3-1)36-25-27-38(28-26-36)57-60-58(45-21-12-24-52-55(45)44-20-9-11-23-51(44)64-52)62-59(61-57)48-34-41(33-47-54-42-18-7-6-15-37(42)29-30-53(54)65-56(47)48)63-49-22-10-8-19-43(49)46-31-39-16-4-5-17-40(39)32-50(46)63/h1-34H. The summed E-state index contributed by atoms with van der Waals surface area (Å²) in [5, 5.41) is 11.0. The number of para-hydroxylation sites is 2. The molecular weight excluding hydrogens is 797 g/mol. The molecule has 0 bridgehead atoms. The minimum absolute atomic E-state index is 0.503. The molecule has 14 aromatic rings. The van der Waals surface area contributed by atoms with Crippen molar-refractivity contribution in [2.75, 3.05) is 0 Å². The molecule has 0 aliphatic rings. The van der Waals surface area contributed by atoms with Crippen LogP contribution in [0.15, 0.2) is 215 Å². The van der Waals surface area contributed by atoms with Crippen LogP contribution >= 0.6 is 0 Å². The molecular formula is C59H34N4O2. The Kier molecular flexibility index (Phi) is 7.59. The van der Waals surface area contributed by atoms with Crippen molar-refractivity contribution >= 4 is 87.2 Å². The summed E-state index contributed by atoms with van der Waals surface area (Å²) in [4.78, 5) is 16.1. The lowest BCUT2D eigenvalue weighted by Crippen LogP contribution is -2.02. The molecule has 0 spiro atoms. The van der Waals surface area contributed by atoms with Crippen LogP contribution in [0.25, 0.3) is 138 Å². The number of hydrogen-bond acceptors (Lipinski definition) is 5. The topological polar surface area (TPSA) is 69.9 Å². The van der Waals surface area contributed by atoms with E-state index in [2.05, 4.69) is 174 Å². The maximum Gasteiger partial charge on any atom is 0.167 e. The van der Waals surface area contributed by atoms with Crippen molar-refractivity contribution in [3.05, 3.63) is 206 Å². The van der Waals surface area contributed by atoms with E-state index in [1.807, 2.05) is 36.4 Å². The quantitative estimate of drug-likeness (QED) is 0.173. The van der Waals surface area contributed by atoms with Crippen LogP contribution in [0.4, 0.5) is 0 Å². The Balaban J connectivity index is 1.09. The smallest absolute Gasteiger partial charge is 0.167 e. The third-order valence-electron chi connectivity index (χ3n) is 13.0. The van der Waals surface area contributed by atoms with Gasteiger partial charge in [-0.15, -0.1) is 0 Å². The summed E-state index contributed by atoms with van der Waals surface area (Å²) in [6.45, 7) is 0. The van der Waals surface area contributed by atoms with Crippen LogP contribution in [0.2, 0.25) is 0 Å². The van der Waals surface area contributed by atoms with Crippen LogP contribution < -0.4 is 0 Å². The predicted molar refractivity (Wildman–Crippen MR) is 265 cm³/mol. The molecule has 0 aliphatic heterocycles. The van der Waals surface area contributed by atoms with Gasteiger partial charge in [0.1, 0.15) is 22.3 Å². The molecule has 10 aromatic carbocycles. The van der Waals surface area contributed by atoms with Gasteiger partial charge in [-0.3, -0.25) is 0 Å². The van der Waals surface area contributed by atoms with E-state index in [4.69, 9.17) is 23.8 Å². The minimum atomic E-state index is 0.503. The third-order valence-corrected chi connectivity index (χ3v) is 13.0. The van der Waals surface area contributed by atoms with E-state index in [-0.39, 0.29) is 0 Å².